The fourth-order valence-electron chi connectivity index (χ4n) is 3.93. The van der Waals surface area contributed by atoms with Crippen molar-refractivity contribution in [2.75, 3.05) is 13.2 Å². The molecule has 182 valence electrons. The van der Waals surface area contributed by atoms with Crippen molar-refractivity contribution in [3.8, 4) is 6.07 Å². The molecule has 0 N–H and O–H groups in total. The van der Waals surface area contributed by atoms with Crippen LogP contribution in [0.2, 0.25) is 0 Å². The van der Waals surface area contributed by atoms with Crippen molar-refractivity contribution in [2.24, 2.45) is 0 Å². The molecule has 4 rings (SSSR count). The summed E-state index contributed by atoms with van der Waals surface area (Å²) in [6.45, 7) is 5.08. The molecule has 0 amide bonds. The zero-order valence-corrected chi connectivity index (χ0v) is 19.9. The maximum absolute atomic E-state index is 12.6. The molecule has 0 saturated heterocycles. The highest BCUT2D eigenvalue weighted by molar-refractivity contribution is 5.95. The molecule has 0 saturated carbocycles. The van der Waals surface area contributed by atoms with Crippen molar-refractivity contribution in [2.45, 2.75) is 45.8 Å². The Kier molecular flexibility index (Phi) is 9.47. The van der Waals surface area contributed by atoms with Crippen LogP contribution in [0.25, 0.3) is 6.08 Å². The van der Waals surface area contributed by atoms with Crippen molar-refractivity contribution in [1.29, 1.82) is 5.26 Å². The normalized spacial score (nSPS) is 15.9. The van der Waals surface area contributed by atoms with Gasteiger partial charge in [0.05, 0.1) is 5.56 Å². The summed E-state index contributed by atoms with van der Waals surface area (Å²) >= 11 is 0. The Balaban J connectivity index is 0.000000261. The van der Waals surface area contributed by atoms with Crippen LogP contribution >= 0.6 is 0 Å². The van der Waals surface area contributed by atoms with Gasteiger partial charge >= 0.3 is 5.97 Å². The fraction of sp³-hybridized carbons (Fsp3) is 0.321. The second kappa shape index (κ2) is 12.7. The molecule has 0 aromatic heterocycles. The smallest absolute Gasteiger partial charge is 0.339 e. The Morgan fingerprint density at radius 2 is 1.77 bits per heavy atom. The lowest BCUT2D eigenvalue weighted by atomic mass is 9.92. The Morgan fingerprint density at radius 3 is 2.43 bits per heavy atom. The van der Waals surface area contributed by atoms with E-state index < -0.39 is 5.82 Å². The molecule has 0 fully saturated rings. The van der Waals surface area contributed by atoms with Crippen LogP contribution in [0.4, 0.5) is 4.39 Å². The third-order valence-electron chi connectivity index (χ3n) is 5.58. The molecule has 6 nitrogen and oxygen atoms in total. The molecule has 1 aliphatic carbocycles. The Hall–Kier alpha value is -3.60. The number of halogens is 1. The molecule has 35 heavy (non-hydrogen) atoms. The summed E-state index contributed by atoms with van der Waals surface area (Å²) in [5.74, 6) is -0.0667. The molecule has 0 unspecified atom stereocenters. The lowest BCUT2D eigenvalue weighted by molar-refractivity contribution is -0.140. The van der Waals surface area contributed by atoms with E-state index in [0.29, 0.717) is 30.8 Å². The molecular formula is C28H28FNO5. The molecule has 2 aliphatic rings. The SMILES string of the molecule is CCOC(OCC)c1cccc(C=C2OC(=O)C3=C2CCCC3)c1.N#Cc1cc(C=O)ccc1F. The minimum Gasteiger partial charge on any atom is -0.423 e. The van der Waals surface area contributed by atoms with Gasteiger partial charge in [-0.15, -0.1) is 0 Å². The highest BCUT2D eigenvalue weighted by atomic mass is 19.1. The van der Waals surface area contributed by atoms with Crippen molar-refractivity contribution in [3.63, 3.8) is 0 Å². The quantitative estimate of drug-likeness (QED) is 0.275. The van der Waals surface area contributed by atoms with Crippen LogP contribution < -0.4 is 0 Å². The number of esters is 1. The highest BCUT2D eigenvalue weighted by Crippen LogP contribution is 2.37. The first kappa shape index (κ1) is 26.0. The first-order chi connectivity index (χ1) is 17.0. The third-order valence-corrected chi connectivity index (χ3v) is 5.58. The van der Waals surface area contributed by atoms with Gasteiger partial charge in [-0.1, -0.05) is 18.2 Å². The molecule has 0 radical (unpaired) electrons. The summed E-state index contributed by atoms with van der Waals surface area (Å²) in [5.41, 5.74) is 4.11. The largest absolute Gasteiger partial charge is 0.423 e. The molecule has 0 atom stereocenters. The van der Waals surface area contributed by atoms with E-state index in [2.05, 4.69) is 0 Å². The number of aldehydes is 1. The van der Waals surface area contributed by atoms with Crippen LogP contribution in [0.5, 0.6) is 0 Å². The van der Waals surface area contributed by atoms with E-state index in [1.54, 1.807) is 6.07 Å². The van der Waals surface area contributed by atoms with E-state index in [4.69, 9.17) is 19.5 Å². The summed E-state index contributed by atoms with van der Waals surface area (Å²) in [6.07, 6.45) is 6.10. The topological polar surface area (TPSA) is 85.6 Å². The van der Waals surface area contributed by atoms with E-state index in [1.807, 2.05) is 44.2 Å². The van der Waals surface area contributed by atoms with E-state index in [0.717, 1.165) is 54.0 Å². The standard InChI is InChI=1S/C20H24O4.C8H4FNO/c1-3-22-20(23-4-2)15-9-7-8-14(12-15)13-18-16-10-5-6-11-17(16)19(21)24-18;9-8-2-1-6(5-11)3-7(8)4-10/h7-9,12-13,20H,3-6,10-11H2,1-2H3;1-3,5H. The number of allylic oxidation sites excluding steroid dienone is 1. The number of nitriles is 1. The van der Waals surface area contributed by atoms with Crippen molar-refractivity contribution in [1.82, 2.24) is 0 Å². The minimum absolute atomic E-state index is 0.102. The van der Waals surface area contributed by atoms with Crippen LogP contribution in [-0.4, -0.2) is 25.5 Å². The van der Waals surface area contributed by atoms with E-state index in [9.17, 15) is 14.0 Å². The second-order valence-electron chi connectivity index (χ2n) is 7.94. The zero-order chi connectivity index (χ0) is 25.2. The van der Waals surface area contributed by atoms with Crippen molar-refractivity contribution >= 4 is 18.3 Å². The van der Waals surface area contributed by atoms with Gasteiger partial charge in [-0.3, -0.25) is 4.79 Å². The Bertz CT molecular complexity index is 1170. The van der Waals surface area contributed by atoms with Crippen molar-refractivity contribution in [3.05, 3.63) is 87.4 Å². The average molecular weight is 478 g/mol. The van der Waals surface area contributed by atoms with E-state index >= 15 is 0 Å². The fourth-order valence-corrected chi connectivity index (χ4v) is 3.93. The molecule has 0 spiro atoms. The molecule has 2 aromatic rings. The summed E-state index contributed by atoms with van der Waals surface area (Å²) in [6, 6.07) is 13.3. The lowest BCUT2D eigenvalue weighted by Crippen LogP contribution is -2.08. The van der Waals surface area contributed by atoms with Gasteiger partial charge in [0.15, 0.2) is 6.29 Å². The van der Waals surface area contributed by atoms with Gasteiger partial charge in [-0.25, -0.2) is 9.18 Å². The number of ether oxygens (including phenoxy) is 3. The van der Waals surface area contributed by atoms with Gasteiger partial charge < -0.3 is 14.2 Å². The number of rotatable bonds is 7. The monoisotopic (exact) mass is 477 g/mol. The van der Waals surface area contributed by atoms with Crippen LogP contribution in [0.1, 0.15) is 72.9 Å². The molecule has 0 bridgehead atoms. The minimum atomic E-state index is -0.599. The maximum atomic E-state index is 12.6. The van der Waals surface area contributed by atoms with Crippen LogP contribution in [0, 0.1) is 17.1 Å². The summed E-state index contributed by atoms with van der Waals surface area (Å²) in [5, 5.41) is 8.33. The van der Waals surface area contributed by atoms with Gasteiger partial charge in [-0.2, -0.15) is 5.26 Å². The number of carbonyl (C=O) groups is 2. The summed E-state index contributed by atoms with van der Waals surface area (Å²) < 4.78 is 29.4. The van der Waals surface area contributed by atoms with Crippen LogP contribution in [0.15, 0.2) is 59.4 Å². The number of hydrogen-bond acceptors (Lipinski definition) is 6. The number of hydrogen-bond donors (Lipinski definition) is 0. The number of nitrogens with zero attached hydrogens (tertiary/aromatic N) is 1. The highest BCUT2D eigenvalue weighted by Gasteiger charge is 2.31. The predicted molar refractivity (Wildman–Crippen MR) is 129 cm³/mol. The van der Waals surface area contributed by atoms with E-state index in [1.165, 1.54) is 12.1 Å². The summed E-state index contributed by atoms with van der Waals surface area (Å²) in [7, 11) is 0. The van der Waals surface area contributed by atoms with Crippen LogP contribution in [-0.2, 0) is 19.0 Å². The molecule has 1 aliphatic heterocycles. The van der Waals surface area contributed by atoms with E-state index in [-0.39, 0.29) is 17.8 Å². The average Bonchev–Trinajstić information content (AvgIpc) is 3.20. The number of cyclic esters (lactones) is 1. The third kappa shape index (κ3) is 6.72. The Labute approximate surface area is 204 Å². The molecule has 1 heterocycles. The maximum Gasteiger partial charge on any atom is 0.339 e. The zero-order valence-electron chi connectivity index (χ0n) is 19.9. The van der Waals surface area contributed by atoms with Crippen LogP contribution in [0.3, 0.4) is 0 Å². The number of carbonyl (C=O) groups excluding carboxylic acids is 2. The van der Waals surface area contributed by atoms with Crippen molar-refractivity contribution < 1.29 is 28.2 Å². The first-order valence-electron chi connectivity index (χ1n) is 11.6. The molecular weight excluding hydrogens is 449 g/mol. The molecule has 7 heteroatoms. The Morgan fingerprint density at radius 1 is 1.06 bits per heavy atom. The van der Waals surface area contributed by atoms with Gasteiger partial charge in [0.1, 0.15) is 23.9 Å². The predicted octanol–water partition coefficient (Wildman–Crippen LogP) is 6.04. The molecule has 2 aromatic carbocycles. The summed E-state index contributed by atoms with van der Waals surface area (Å²) in [4.78, 5) is 22.1. The van der Waals surface area contributed by atoms with Gasteiger partial charge in [0.2, 0.25) is 0 Å². The van der Waals surface area contributed by atoms with Gasteiger partial charge in [-0.05, 0) is 75.4 Å². The lowest BCUT2D eigenvalue weighted by Gasteiger charge is -2.17. The van der Waals surface area contributed by atoms with Gasteiger partial charge in [0, 0.05) is 35.5 Å². The first-order valence-corrected chi connectivity index (χ1v) is 11.6. The second-order valence-corrected chi connectivity index (χ2v) is 7.94. The number of benzene rings is 2. The van der Waals surface area contributed by atoms with Gasteiger partial charge in [0.25, 0.3) is 0 Å².